The Morgan fingerprint density at radius 1 is 1.11 bits per heavy atom. The van der Waals surface area contributed by atoms with E-state index in [1.54, 1.807) is 0 Å². The molecule has 45 heavy (non-hydrogen) atoms. The van der Waals surface area contributed by atoms with Crippen molar-refractivity contribution in [2.24, 2.45) is 0 Å². The van der Waals surface area contributed by atoms with E-state index < -0.39 is 70.1 Å². The van der Waals surface area contributed by atoms with Crippen LogP contribution in [0.2, 0.25) is 0 Å². The van der Waals surface area contributed by atoms with Crippen molar-refractivity contribution < 1.29 is 45.2 Å². The van der Waals surface area contributed by atoms with Crippen LogP contribution in [0.25, 0.3) is 11.1 Å². The largest absolute Gasteiger partial charge is 0.408 e. The first-order valence-corrected chi connectivity index (χ1v) is 15.1. The number of carbonyl (C=O) groups excluding carboxylic acids is 4. The molecule has 2 aromatic carbocycles. The number of hydrogen-bond donors (Lipinski definition) is 2. The lowest BCUT2D eigenvalue weighted by molar-refractivity contribution is -0.187. The third kappa shape index (κ3) is 5.86. The highest BCUT2D eigenvalue weighted by molar-refractivity contribution is 7.92. The van der Waals surface area contributed by atoms with Crippen LogP contribution in [-0.2, 0) is 42.8 Å². The van der Waals surface area contributed by atoms with Crippen LogP contribution in [0.3, 0.4) is 0 Å². The number of amides is 5. The van der Waals surface area contributed by atoms with Gasteiger partial charge in [-0.15, -0.1) is 0 Å². The van der Waals surface area contributed by atoms with Gasteiger partial charge in [-0.2, -0.15) is 18.3 Å². The van der Waals surface area contributed by atoms with Crippen molar-refractivity contribution in [3.8, 4) is 11.1 Å². The van der Waals surface area contributed by atoms with E-state index in [9.17, 15) is 45.2 Å². The van der Waals surface area contributed by atoms with Gasteiger partial charge in [0.25, 0.3) is 5.91 Å². The Bertz CT molecular complexity index is 1810. The molecule has 2 atom stereocenters. The van der Waals surface area contributed by atoms with Crippen molar-refractivity contribution in [1.82, 2.24) is 30.2 Å². The molecule has 2 aliphatic heterocycles. The van der Waals surface area contributed by atoms with E-state index in [0.29, 0.717) is 20.9 Å². The number of benzene rings is 2. The predicted molar refractivity (Wildman–Crippen MR) is 148 cm³/mol. The summed E-state index contributed by atoms with van der Waals surface area (Å²) in [5.74, 6) is -4.18. The minimum absolute atomic E-state index is 0.0656. The molecule has 1 spiro atoms. The molecule has 2 aliphatic rings. The van der Waals surface area contributed by atoms with Crippen molar-refractivity contribution >= 4 is 33.6 Å². The van der Waals surface area contributed by atoms with Gasteiger partial charge in [0.05, 0.1) is 16.8 Å². The molecule has 2 unspecified atom stereocenters. The molecule has 1 aromatic heterocycles. The van der Waals surface area contributed by atoms with Gasteiger partial charge in [-0.1, -0.05) is 24.3 Å². The fraction of sp³-hybridized carbons (Fsp3) is 0.321. The minimum atomic E-state index is -4.87. The lowest BCUT2D eigenvalue weighted by Crippen LogP contribution is -2.51. The molecule has 1 fully saturated rings. The van der Waals surface area contributed by atoms with E-state index in [0.717, 1.165) is 19.1 Å². The molecular weight excluding hydrogens is 624 g/mol. The normalized spacial score (nSPS) is 19.4. The number of imide groups is 1. The first-order valence-electron chi connectivity index (χ1n) is 13.4. The molecule has 0 radical (unpaired) electrons. The summed E-state index contributed by atoms with van der Waals surface area (Å²) in [5.41, 5.74) is -1.15. The Labute approximate surface area is 253 Å². The number of likely N-dealkylation sites (N-methyl/N-ethyl adjacent to an activating group) is 1. The first kappa shape index (κ1) is 31.6. The van der Waals surface area contributed by atoms with Crippen LogP contribution in [0.5, 0.6) is 0 Å². The molecule has 2 N–H and O–H groups in total. The Kier molecular flexibility index (Phi) is 7.93. The van der Waals surface area contributed by atoms with E-state index in [-0.39, 0.29) is 28.5 Å². The van der Waals surface area contributed by atoms with Crippen molar-refractivity contribution in [2.45, 2.75) is 42.7 Å². The summed E-state index contributed by atoms with van der Waals surface area (Å²) in [7, 11) is -2.71. The number of nitrogens with zero attached hydrogens (tertiary/aromatic N) is 4. The van der Waals surface area contributed by atoms with Gasteiger partial charge in [0.2, 0.25) is 11.8 Å². The summed E-state index contributed by atoms with van der Waals surface area (Å²) in [6, 6.07) is 5.05. The number of aromatic nitrogens is 2. The molecule has 5 rings (SSSR count). The summed E-state index contributed by atoms with van der Waals surface area (Å²) in [6.07, 6.45) is -1.94. The van der Waals surface area contributed by atoms with E-state index >= 15 is 0 Å². The Morgan fingerprint density at radius 3 is 2.44 bits per heavy atom. The van der Waals surface area contributed by atoms with Crippen LogP contribution in [0.4, 0.5) is 22.4 Å². The molecule has 0 bridgehead atoms. The minimum Gasteiger partial charge on any atom is -0.358 e. The van der Waals surface area contributed by atoms with E-state index in [2.05, 4.69) is 15.7 Å². The number of alkyl halides is 3. The average molecular weight is 651 g/mol. The van der Waals surface area contributed by atoms with Gasteiger partial charge >= 0.3 is 12.2 Å². The number of rotatable bonds is 8. The second-order valence-electron chi connectivity index (χ2n) is 10.7. The number of sulfone groups is 1. The highest BCUT2D eigenvalue weighted by Gasteiger charge is 2.60. The SMILES string of the molecule is CNC(=O)Cn1cc(-c2ccc3c(c2)S(=O)(=O)CC32NC(=O)N(CC(=O)N(Cc3ccc(F)cc3)C(C)C(F)(F)F)C2=O)cn1. The molecule has 0 aliphatic carbocycles. The van der Waals surface area contributed by atoms with Crippen LogP contribution in [0.15, 0.2) is 59.8 Å². The topological polar surface area (TPSA) is 151 Å². The maximum absolute atomic E-state index is 13.7. The Morgan fingerprint density at radius 2 is 1.80 bits per heavy atom. The number of fused-ring (bicyclic) bond motifs is 2. The zero-order valence-electron chi connectivity index (χ0n) is 23.8. The summed E-state index contributed by atoms with van der Waals surface area (Å²) in [6.45, 7) is -1.06. The molecule has 12 nitrogen and oxygen atoms in total. The molecular formula is C28H26F4N6O6S. The first-order chi connectivity index (χ1) is 21.1. The van der Waals surface area contributed by atoms with Crippen molar-refractivity contribution in [3.05, 3.63) is 71.8 Å². The van der Waals surface area contributed by atoms with Crippen LogP contribution in [0.1, 0.15) is 18.1 Å². The fourth-order valence-electron chi connectivity index (χ4n) is 5.26. The lowest BCUT2D eigenvalue weighted by Gasteiger charge is -2.32. The maximum Gasteiger partial charge on any atom is 0.408 e. The number of nitrogens with one attached hydrogen (secondary N) is 2. The third-order valence-electron chi connectivity index (χ3n) is 7.73. The lowest BCUT2D eigenvalue weighted by atomic mass is 9.91. The Balaban J connectivity index is 1.42. The number of hydrogen-bond acceptors (Lipinski definition) is 7. The Hall–Kier alpha value is -4.80. The van der Waals surface area contributed by atoms with Gasteiger partial charge in [0.15, 0.2) is 15.4 Å². The van der Waals surface area contributed by atoms with E-state index in [1.807, 2.05) is 0 Å². The smallest absolute Gasteiger partial charge is 0.358 e. The van der Waals surface area contributed by atoms with E-state index in [4.69, 9.17) is 0 Å². The van der Waals surface area contributed by atoms with E-state index in [1.165, 1.54) is 54.5 Å². The van der Waals surface area contributed by atoms with Gasteiger partial charge < -0.3 is 15.5 Å². The second-order valence-corrected chi connectivity index (χ2v) is 12.6. The second kappa shape index (κ2) is 11.3. The summed E-state index contributed by atoms with van der Waals surface area (Å²) >= 11 is 0. The zero-order chi connectivity index (χ0) is 32.9. The average Bonchev–Trinajstić information content (AvgIpc) is 3.60. The zero-order valence-corrected chi connectivity index (χ0v) is 24.6. The van der Waals surface area contributed by atoms with Crippen LogP contribution in [-0.4, -0.2) is 83.3 Å². The number of halogens is 4. The quantitative estimate of drug-likeness (QED) is 0.280. The molecule has 5 amide bonds. The fourth-order valence-corrected chi connectivity index (χ4v) is 7.22. The van der Waals surface area contributed by atoms with Crippen molar-refractivity contribution in [2.75, 3.05) is 19.3 Å². The van der Waals surface area contributed by atoms with Crippen LogP contribution < -0.4 is 10.6 Å². The van der Waals surface area contributed by atoms with Crippen LogP contribution >= 0.6 is 0 Å². The third-order valence-corrected chi connectivity index (χ3v) is 9.55. The van der Waals surface area contributed by atoms with Crippen molar-refractivity contribution in [3.63, 3.8) is 0 Å². The molecule has 1 saturated heterocycles. The summed E-state index contributed by atoms with van der Waals surface area (Å²) < 4.78 is 82.4. The standard InChI is InChI=1S/C28H26F4N6O6S/c1-16(28(30,31)32)37(11-17-3-6-20(29)7-4-17)24(40)14-38-25(41)27(35-26(38)42)15-45(43,44)22-9-18(5-8-21(22)27)19-10-34-36(12-19)13-23(39)33-2/h3-10,12,16H,11,13-15H2,1-2H3,(H,33,39)(H,35,42). The van der Waals surface area contributed by atoms with Crippen LogP contribution in [0, 0.1) is 5.82 Å². The number of carbonyl (C=O) groups is 4. The van der Waals surface area contributed by atoms with Gasteiger partial charge in [0, 0.05) is 30.9 Å². The molecule has 3 heterocycles. The number of urea groups is 1. The highest BCUT2D eigenvalue weighted by Crippen LogP contribution is 2.43. The molecule has 238 valence electrons. The van der Waals surface area contributed by atoms with Gasteiger partial charge in [-0.05, 0) is 36.2 Å². The molecule has 0 saturated carbocycles. The monoisotopic (exact) mass is 650 g/mol. The molecule has 17 heteroatoms. The highest BCUT2D eigenvalue weighted by atomic mass is 32.2. The maximum atomic E-state index is 13.7. The van der Waals surface area contributed by atoms with Crippen molar-refractivity contribution in [1.29, 1.82) is 0 Å². The predicted octanol–water partition coefficient (Wildman–Crippen LogP) is 1.95. The summed E-state index contributed by atoms with van der Waals surface area (Å²) in [4.78, 5) is 52.2. The van der Waals surface area contributed by atoms with Gasteiger partial charge in [-0.25, -0.2) is 17.6 Å². The van der Waals surface area contributed by atoms with Gasteiger partial charge in [-0.3, -0.25) is 24.0 Å². The van der Waals surface area contributed by atoms with Gasteiger partial charge in [0.1, 0.15) is 24.9 Å². The molecule has 3 aromatic rings. The summed E-state index contributed by atoms with van der Waals surface area (Å²) in [5, 5.41) is 8.89.